The molecule has 1 aromatic rings. The van der Waals surface area contributed by atoms with Crippen LogP contribution in [0, 0.1) is 5.92 Å². The molecule has 7 heteroatoms. The molecule has 0 bridgehead atoms. The highest BCUT2D eigenvalue weighted by molar-refractivity contribution is 7.91. The molecule has 0 N–H and O–H groups in total. The number of rotatable bonds is 4. The van der Waals surface area contributed by atoms with E-state index in [9.17, 15) is 8.42 Å². The molecule has 0 aromatic carbocycles. The number of hydrogen-bond acceptors (Lipinski definition) is 4. The van der Waals surface area contributed by atoms with Crippen LogP contribution < -0.4 is 0 Å². The highest BCUT2D eigenvalue weighted by Gasteiger charge is 2.31. The molecular weight excluding hydrogens is 304 g/mol. The van der Waals surface area contributed by atoms with Gasteiger partial charge < -0.3 is 4.90 Å². The van der Waals surface area contributed by atoms with Gasteiger partial charge in [0.1, 0.15) is 4.21 Å². The minimum Gasteiger partial charge on any atom is -0.300 e. The van der Waals surface area contributed by atoms with Gasteiger partial charge in [-0.2, -0.15) is 4.31 Å². The Morgan fingerprint density at radius 2 is 1.89 bits per heavy atom. The topological polar surface area (TPSA) is 40.6 Å². The monoisotopic (exact) mass is 320 g/mol. The van der Waals surface area contributed by atoms with E-state index >= 15 is 0 Å². The number of piperazine rings is 1. The Labute approximate surface area is 123 Å². The van der Waals surface area contributed by atoms with E-state index in [2.05, 4.69) is 4.90 Å². The predicted octanol–water partition coefficient (Wildman–Crippen LogP) is 2.12. The molecule has 1 aliphatic heterocycles. The second-order valence-corrected chi connectivity index (χ2v) is 9.09. The summed E-state index contributed by atoms with van der Waals surface area (Å²) in [6.07, 6.45) is 2.68. The van der Waals surface area contributed by atoms with Crippen molar-refractivity contribution in [2.45, 2.75) is 17.1 Å². The summed E-state index contributed by atoms with van der Waals surface area (Å²) in [5.41, 5.74) is 0. The van der Waals surface area contributed by atoms with Gasteiger partial charge in [0.15, 0.2) is 0 Å². The number of thiophene rings is 1. The molecule has 2 fully saturated rings. The minimum atomic E-state index is -3.34. The van der Waals surface area contributed by atoms with Gasteiger partial charge in [-0.3, -0.25) is 0 Å². The van der Waals surface area contributed by atoms with E-state index in [4.69, 9.17) is 11.6 Å². The summed E-state index contributed by atoms with van der Waals surface area (Å²) < 4.78 is 27.3. The third kappa shape index (κ3) is 3.13. The van der Waals surface area contributed by atoms with Crippen molar-refractivity contribution in [3.63, 3.8) is 0 Å². The molecule has 106 valence electrons. The molecule has 0 amide bonds. The number of sulfonamides is 1. The average Bonchev–Trinajstić information content (AvgIpc) is 3.08. The van der Waals surface area contributed by atoms with Crippen molar-refractivity contribution in [3.8, 4) is 0 Å². The maximum atomic E-state index is 12.4. The summed E-state index contributed by atoms with van der Waals surface area (Å²) in [6, 6.07) is 3.24. The predicted molar refractivity (Wildman–Crippen MR) is 77.3 cm³/mol. The van der Waals surface area contributed by atoms with Crippen molar-refractivity contribution in [1.82, 2.24) is 9.21 Å². The van der Waals surface area contributed by atoms with Crippen LogP contribution in [0.15, 0.2) is 16.3 Å². The number of nitrogens with zero attached hydrogens (tertiary/aromatic N) is 2. The van der Waals surface area contributed by atoms with Gasteiger partial charge >= 0.3 is 0 Å². The average molecular weight is 321 g/mol. The van der Waals surface area contributed by atoms with Gasteiger partial charge in [0.2, 0.25) is 0 Å². The van der Waals surface area contributed by atoms with Crippen molar-refractivity contribution in [1.29, 1.82) is 0 Å². The van der Waals surface area contributed by atoms with Crippen molar-refractivity contribution >= 4 is 33.0 Å². The lowest BCUT2D eigenvalue weighted by Gasteiger charge is -2.33. The van der Waals surface area contributed by atoms with Crippen LogP contribution in [0.3, 0.4) is 0 Å². The molecule has 1 aromatic heterocycles. The summed E-state index contributed by atoms with van der Waals surface area (Å²) in [7, 11) is -3.34. The standard InChI is InChI=1S/C12H17ClN2O2S2/c13-11-3-4-12(18-11)19(16,17)15-7-5-14(6-8-15)9-10-1-2-10/h3-4,10H,1-2,5-9H2. The smallest absolute Gasteiger partial charge is 0.252 e. The Morgan fingerprint density at radius 1 is 1.21 bits per heavy atom. The van der Waals surface area contributed by atoms with Crippen LogP contribution in [0.2, 0.25) is 4.34 Å². The molecule has 0 unspecified atom stereocenters. The van der Waals surface area contributed by atoms with Gasteiger partial charge in [-0.1, -0.05) is 11.6 Å². The van der Waals surface area contributed by atoms with Crippen LogP contribution in [0.5, 0.6) is 0 Å². The number of halogens is 1. The van der Waals surface area contributed by atoms with Crippen LogP contribution in [0.25, 0.3) is 0 Å². The third-order valence-corrected chi connectivity index (χ3v) is 7.28. The molecule has 3 rings (SSSR count). The van der Waals surface area contributed by atoms with Gasteiger partial charge in [-0.25, -0.2) is 8.42 Å². The van der Waals surface area contributed by atoms with Crippen LogP contribution in [0.1, 0.15) is 12.8 Å². The maximum Gasteiger partial charge on any atom is 0.252 e. The summed E-state index contributed by atoms with van der Waals surface area (Å²) in [4.78, 5) is 2.38. The van der Waals surface area contributed by atoms with Crippen molar-refractivity contribution in [3.05, 3.63) is 16.5 Å². The molecule has 1 aliphatic carbocycles. The Balaban J connectivity index is 1.63. The second-order valence-electron chi connectivity index (χ2n) is 5.21. The number of hydrogen-bond donors (Lipinski definition) is 0. The van der Waals surface area contributed by atoms with Crippen molar-refractivity contribution in [2.75, 3.05) is 32.7 Å². The van der Waals surface area contributed by atoms with Crippen LogP contribution in [-0.2, 0) is 10.0 Å². The summed E-state index contributed by atoms with van der Waals surface area (Å²) >= 11 is 6.95. The summed E-state index contributed by atoms with van der Waals surface area (Å²) in [6.45, 7) is 4.00. The fourth-order valence-electron chi connectivity index (χ4n) is 2.38. The zero-order chi connectivity index (χ0) is 13.5. The molecule has 0 atom stereocenters. The van der Waals surface area contributed by atoms with Crippen LogP contribution in [0.4, 0.5) is 0 Å². The summed E-state index contributed by atoms with van der Waals surface area (Å²) in [5.74, 6) is 0.860. The first-order chi connectivity index (χ1) is 9.05. The third-order valence-electron chi connectivity index (χ3n) is 3.69. The fraction of sp³-hybridized carbons (Fsp3) is 0.667. The van der Waals surface area contributed by atoms with E-state index in [0.717, 1.165) is 36.9 Å². The maximum absolute atomic E-state index is 12.4. The SMILES string of the molecule is O=S(=O)(c1ccc(Cl)s1)N1CCN(CC2CC2)CC1. The van der Waals surface area contributed by atoms with E-state index in [1.165, 1.54) is 12.8 Å². The Bertz CT molecular complexity index is 546. The zero-order valence-electron chi connectivity index (χ0n) is 10.6. The Kier molecular flexibility index (Phi) is 3.88. The van der Waals surface area contributed by atoms with E-state index in [1.54, 1.807) is 16.4 Å². The van der Waals surface area contributed by atoms with Crippen LogP contribution >= 0.6 is 22.9 Å². The van der Waals surface area contributed by atoms with Gasteiger partial charge in [0.05, 0.1) is 4.34 Å². The Morgan fingerprint density at radius 3 is 2.42 bits per heavy atom. The first-order valence-corrected chi connectivity index (χ1v) is 9.17. The largest absolute Gasteiger partial charge is 0.300 e. The fourth-order valence-corrected chi connectivity index (χ4v) is 5.44. The molecule has 0 spiro atoms. The van der Waals surface area contributed by atoms with E-state index in [0.29, 0.717) is 21.6 Å². The molecule has 19 heavy (non-hydrogen) atoms. The molecule has 1 saturated heterocycles. The quantitative estimate of drug-likeness (QED) is 0.853. The van der Waals surface area contributed by atoms with Gasteiger partial charge in [-0.05, 0) is 30.9 Å². The van der Waals surface area contributed by atoms with Crippen molar-refractivity contribution < 1.29 is 8.42 Å². The van der Waals surface area contributed by atoms with Gasteiger partial charge in [-0.15, -0.1) is 11.3 Å². The van der Waals surface area contributed by atoms with E-state index in [-0.39, 0.29) is 0 Å². The Hall–Kier alpha value is -0.140. The van der Waals surface area contributed by atoms with Crippen LogP contribution in [-0.4, -0.2) is 50.3 Å². The first kappa shape index (κ1) is 13.8. The lowest BCUT2D eigenvalue weighted by atomic mass is 10.3. The normalized spacial score (nSPS) is 22.8. The molecule has 2 aliphatic rings. The molecule has 0 radical (unpaired) electrons. The lowest BCUT2D eigenvalue weighted by molar-refractivity contribution is 0.182. The first-order valence-electron chi connectivity index (χ1n) is 6.53. The second kappa shape index (κ2) is 5.33. The molecule has 2 heterocycles. The molecule has 1 saturated carbocycles. The van der Waals surface area contributed by atoms with Gasteiger partial charge in [0.25, 0.3) is 10.0 Å². The lowest BCUT2D eigenvalue weighted by Crippen LogP contribution is -2.48. The van der Waals surface area contributed by atoms with E-state index < -0.39 is 10.0 Å². The summed E-state index contributed by atoms with van der Waals surface area (Å²) in [5, 5.41) is 0. The minimum absolute atomic E-state index is 0.355. The highest BCUT2D eigenvalue weighted by Crippen LogP contribution is 2.31. The zero-order valence-corrected chi connectivity index (χ0v) is 13.0. The van der Waals surface area contributed by atoms with Gasteiger partial charge in [0, 0.05) is 32.7 Å². The molecule has 4 nitrogen and oxygen atoms in total. The van der Waals surface area contributed by atoms with Crippen molar-refractivity contribution in [2.24, 2.45) is 5.92 Å². The highest BCUT2D eigenvalue weighted by atomic mass is 35.5. The molecular formula is C12H17ClN2O2S2. The van der Waals surface area contributed by atoms with E-state index in [1.807, 2.05) is 0 Å².